The van der Waals surface area contributed by atoms with Crippen LogP contribution in [0.25, 0.3) is 0 Å². The van der Waals surface area contributed by atoms with Crippen molar-refractivity contribution in [2.75, 3.05) is 40.1 Å². The lowest BCUT2D eigenvalue weighted by Crippen LogP contribution is -2.43. The highest BCUT2D eigenvalue weighted by Gasteiger charge is 2.40. The fourth-order valence-electron chi connectivity index (χ4n) is 8.46. The van der Waals surface area contributed by atoms with Gasteiger partial charge in [-0.25, -0.2) is 4.79 Å². The van der Waals surface area contributed by atoms with Crippen molar-refractivity contribution in [2.45, 2.75) is 227 Å². The Labute approximate surface area is 397 Å². The van der Waals surface area contributed by atoms with Crippen molar-refractivity contribution in [3.63, 3.8) is 0 Å². The summed E-state index contributed by atoms with van der Waals surface area (Å²) in [6, 6.07) is 0.853. The fraction of sp³-hybridized carbons (Fsp3) is 0.800. The summed E-state index contributed by atoms with van der Waals surface area (Å²) in [4.78, 5) is 41.2. The van der Waals surface area contributed by atoms with Crippen LogP contribution in [0, 0.1) is 17.8 Å². The van der Waals surface area contributed by atoms with Gasteiger partial charge in [-0.05, 0) is 136 Å². The van der Waals surface area contributed by atoms with Crippen molar-refractivity contribution >= 4 is 18.1 Å². The number of hydrogen-bond acceptors (Lipinski definition) is 10. The molecule has 2 rings (SSSR count). The van der Waals surface area contributed by atoms with Gasteiger partial charge in [-0.2, -0.15) is 0 Å². The van der Waals surface area contributed by atoms with Gasteiger partial charge in [-0.15, -0.1) is 0 Å². The molecule has 10 heteroatoms. The molecular formula is C55H95NO9. The molecule has 65 heavy (non-hydrogen) atoms. The number of piperidine rings is 1. The molecule has 2 aliphatic heterocycles. The molecule has 6 atom stereocenters. The molecule has 0 aromatic carbocycles. The standard InChI is InChI=1S/C55H95NO9/c1-9-10-11-12-13-14-15-16-17-18-19-20-21-22-23-30-52(57)62-41-48(43-64-55(59)65-51-39-49-31-32-50(40-51)56(49)8)42-63-53(58)33-34-54(60-37-35-46(6)28-24-26-44(2)3)61-38-36-47(7)29-25-27-45(4)5/h13-14,16-17,26-27,46-51,54H,9-12,15,18-25,28-43H2,1-8H3/b14-13-,17-16-/t46?,47?,48?,49-,50+,51-,54?. The number of nitrogens with zero attached hydrogens (tertiary/aromatic N) is 1. The van der Waals surface area contributed by atoms with Gasteiger partial charge in [0.2, 0.25) is 0 Å². The minimum absolute atomic E-state index is 0.0233. The number of carbonyl (C=O) groups is 3. The quantitative estimate of drug-likeness (QED) is 0.0195. The van der Waals surface area contributed by atoms with Crippen LogP contribution in [0.3, 0.4) is 0 Å². The van der Waals surface area contributed by atoms with Crippen molar-refractivity contribution in [3.05, 3.63) is 47.6 Å². The Hall–Kier alpha value is -2.95. The van der Waals surface area contributed by atoms with Crippen molar-refractivity contribution in [2.24, 2.45) is 17.8 Å². The first-order valence-corrected chi connectivity index (χ1v) is 26.0. The second-order valence-electron chi connectivity index (χ2n) is 19.8. The molecule has 0 aromatic heterocycles. The average Bonchev–Trinajstić information content (AvgIpc) is 3.45. The topological polar surface area (TPSA) is 110 Å². The lowest BCUT2D eigenvalue weighted by atomic mass is 10.0. The lowest BCUT2D eigenvalue weighted by molar-refractivity contribution is -0.162. The highest BCUT2D eigenvalue weighted by molar-refractivity contribution is 5.69. The van der Waals surface area contributed by atoms with Crippen LogP contribution >= 0.6 is 0 Å². The maximum Gasteiger partial charge on any atom is 0.508 e. The molecule has 0 saturated carbocycles. The molecule has 2 heterocycles. The van der Waals surface area contributed by atoms with E-state index < -0.39 is 24.3 Å². The Bertz CT molecular complexity index is 1330. The fourth-order valence-corrected chi connectivity index (χ4v) is 8.46. The Morgan fingerprint density at radius 1 is 0.600 bits per heavy atom. The summed E-state index contributed by atoms with van der Waals surface area (Å²) in [7, 11) is 2.14. The zero-order valence-electron chi connectivity index (χ0n) is 42.6. The predicted octanol–water partition coefficient (Wildman–Crippen LogP) is 14.0. The molecule has 10 nitrogen and oxygen atoms in total. The summed E-state index contributed by atoms with van der Waals surface area (Å²) in [5.74, 6) is -0.213. The number of allylic oxidation sites excluding steroid dienone is 8. The normalized spacial score (nSPS) is 19.2. The largest absolute Gasteiger partial charge is 0.508 e. The first kappa shape index (κ1) is 58.2. The summed E-state index contributed by atoms with van der Waals surface area (Å²) in [6.45, 7) is 16.2. The average molecular weight is 914 g/mol. The van der Waals surface area contributed by atoms with E-state index in [1.165, 1.54) is 36.8 Å². The number of hydrogen-bond donors (Lipinski definition) is 0. The third-order valence-corrected chi connectivity index (χ3v) is 12.9. The van der Waals surface area contributed by atoms with E-state index in [1.54, 1.807) is 0 Å². The van der Waals surface area contributed by atoms with Gasteiger partial charge in [-0.3, -0.25) is 9.59 Å². The van der Waals surface area contributed by atoms with Gasteiger partial charge >= 0.3 is 18.1 Å². The molecule has 0 radical (unpaired) electrons. The SMILES string of the molecule is CCCCC/C=C\C/C=C\CCCCCCCC(=O)OCC(COC(=O)CCC(OCCC(C)CCC=C(C)C)OCCC(C)CCC=C(C)C)COC(=O)O[C@@H]1C[C@H]2CC[C@@H](C1)N2C. The highest BCUT2D eigenvalue weighted by Crippen LogP contribution is 2.35. The second kappa shape index (κ2) is 37.1. The molecule has 0 N–H and O–H groups in total. The smallest absolute Gasteiger partial charge is 0.465 e. The minimum atomic E-state index is -0.735. The van der Waals surface area contributed by atoms with Crippen molar-refractivity contribution < 1.29 is 42.8 Å². The van der Waals surface area contributed by atoms with Crippen molar-refractivity contribution in [3.8, 4) is 0 Å². The van der Waals surface area contributed by atoms with Gasteiger partial charge in [0.15, 0.2) is 6.29 Å². The van der Waals surface area contributed by atoms with Gasteiger partial charge in [0.1, 0.15) is 25.9 Å². The third kappa shape index (κ3) is 30.9. The zero-order valence-corrected chi connectivity index (χ0v) is 42.6. The molecule has 374 valence electrons. The number of ether oxygens (including phenoxy) is 6. The number of carbonyl (C=O) groups excluding carboxylic acids is 3. The summed E-state index contributed by atoms with van der Waals surface area (Å²) in [5, 5.41) is 0. The number of fused-ring (bicyclic) bond motifs is 2. The molecule has 2 saturated heterocycles. The predicted molar refractivity (Wildman–Crippen MR) is 265 cm³/mol. The van der Waals surface area contributed by atoms with E-state index in [9.17, 15) is 14.4 Å². The maximum absolute atomic E-state index is 13.2. The molecule has 3 unspecified atom stereocenters. The Morgan fingerprint density at radius 3 is 1.66 bits per heavy atom. The van der Waals surface area contributed by atoms with E-state index >= 15 is 0 Å². The van der Waals surface area contributed by atoms with Crippen LogP contribution in [0.1, 0.15) is 203 Å². The van der Waals surface area contributed by atoms with Crippen LogP contribution in [0.4, 0.5) is 4.79 Å². The van der Waals surface area contributed by atoms with Gasteiger partial charge in [0, 0.05) is 51.0 Å². The molecule has 2 bridgehead atoms. The van der Waals surface area contributed by atoms with Crippen LogP contribution in [0.15, 0.2) is 47.6 Å². The first-order chi connectivity index (χ1) is 31.4. The Morgan fingerprint density at radius 2 is 1.11 bits per heavy atom. The van der Waals surface area contributed by atoms with Crippen LogP contribution < -0.4 is 0 Å². The summed E-state index contributed by atoms with van der Waals surface area (Å²) >= 11 is 0. The first-order valence-electron chi connectivity index (χ1n) is 26.0. The molecule has 0 amide bonds. The molecule has 2 aliphatic rings. The Balaban J connectivity index is 1.84. The summed E-state index contributed by atoms with van der Waals surface area (Å²) in [5.41, 5.74) is 2.67. The van der Waals surface area contributed by atoms with Gasteiger partial charge in [0.05, 0.1) is 12.3 Å². The van der Waals surface area contributed by atoms with Gasteiger partial charge in [-0.1, -0.05) is 100 Å². The van der Waals surface area contributed by atoms with Gasteiger partial charge in [0.25, 0.3) is 0 Å². The Kier molecular flexibility index (Phi) is 33.2. The second-order valence-corrected chi connectivity index (χ2v) is 19.8. The van der Waals surface area contributed by atoms with Crippen LogP contribution in [-0.2, 0) is 38.0 Å². The molecule has 0 spiro atoms. The number of esters is 2. The number of unbranched alkanes of at least 4 members (excludes halogenated alkanes) is 8. The molecule has 0 aliphatic carbocycles. The van der Waals surface area contributed by atoms with Crippen molar-refractivity contribution in [1.82, 2.24) is 4.90 Å². The lowest BCUT2D eigenvalue weighted by Gasteiger charge is -2.35. The molecule has 0 aromatic rings. The van der Waals surface area contributed by atoms with Crippen LogP contribution in [0.5, 0.6) is 0 Å². The zero-order chi connectivity index (χ0) is 47.5. The van der Waals surface area contributed by atoms with Crippen LogP contribution in [0.2, 0.25) is 0 Å². The number of rotatable bonds is 38. The van der Waals surface area contributed by atoms with Crippen LogP contribution in [-0.4, -0.2) is 87.6 Å². The van der Waals surface area contributed by atoms with E-state index in [-0.39, 0.29) is 38.3 Å². The van der Waals surface area contributed by atoms with E-state index in [4.69, 9.17) is 28.4 Å². The molecular weight excluding hydrogens is 819 g/mol. The van der Waals surface area contributed by atoms with E-state index in [0.29, 0.717) is 50.0 Å². The third-order valence-electron chi connectivity index (χ3n) is 12.9. The van der Waals surface area contributed by atoms with E-state index in [0.717, 1.165) is 109 Å². The summed E-state index contributed by atoms with van der Waals surface area (Å²) in [6.07, 6.45) is 35.2. The summed E-state index contributed by atoms with van der Waals surface area (Å²) < 4.78 is 35.1. The maximum atomic E-state index is 13.2. The van der Waals surface area contributed by atoms with E-state index in [1.807, 2.05) is 0 Å². The minimum Gasteiger partial charge on any atom is -0.465 e. The molecule has 2 fully saturated rings. The highest BCUT2D eigenvalue weighted by atomic mass is 16.7. The van der Waals surface area contributed by atoms with E-state index in [2.05, 4.69) is 96.9 Å². The van der Waals surface area contributed by atoms with Crippen molar-refractivity contribution in [1.29, 1.82) is 0 Å². The monoisotopic (exact) mass is 914 g/mol. The van der Waals surface area contributed by atoms with Gasteiger partial charge < -0.3 is 33.3 Å².